The lowest BCUT2D eigenvalue weighted by Crippen LogP contribution is -2.39. The molecule has 2 rings (SSSR count). The highest BCUT2D eigenvalue weighted by Gasteiger charge is 2.33. The minimum Gasteiger partial charge on any atom is -0.368 e. The molecule has 0 bridgehead atoms. The minimum absolute atomic E-state index is 0.193. The fourth-order valence-corrected chi connectivity index (χ4v) is 2.31. The first-order valence-corrected chi connectivity index (χ1v) is 9.05. The van der Waals surface area contributed by atoms with Gasteiger partial charge in [0, 0.05) is 31.9 Å². The average molecular weight is 398 g/mol. The molecule has 0 saturated carbocycles. The molecule has 7 nitrogen and oxygen atoms in total. The summed E-state index contributed by atoms with van der Waals surface area (Å²) in [6, 6.07) is 4.12. The fraction of sp³-hybridized carbons (Fsp3) is 0.500. The minimum atomic E-state index is -4.45. The lowest BCUT2D eigenvalue weighted by molar-refractivity contribution is -0.137. The molecule has 0 aromatic carbocycles. The molecular formula is C18H25F3N6O. The van der Waals surface area contributed by atoms with Crippen molar-refractivity contribution in [3.63, 3.8) is 0 Å². The second-order valence-corrected chi connectivity index (χ2v) is 6.32. The molecule has 0 spiro atoms. The van der Waals surface area contributed by atoms with Crippen LogP contribution in [0.3, 0.4) is 0 Å². The Bertz CT molecular complexity index is 773. The van der Waals surface area contributed by atoms with Crippen LogP contribution < -0.4 is 16.0 Å². The summed E-state index contributed by atoms with van der Waals surface area (Å²) in [5.74, 6) is 1.25. The van der Waals surface area contributed by atoms with E-state index < -0.39 is 11.7 Å². The smallest absolute Gasteiger partial charge is 0.368 e. The van der Waals surface area contributed by atoms with Gasteiger partial charge in [0.15, 0.2) is 11.7 Å². The van der Waals surface area contributed by atoms with Crippen LogP contribution in [0.15, 0.2) is 33.9 Å². The van der Waals surface area contributed by atoms with Crippen LogP contribution in [-0.4, -0.2) is 35.7 Å². The van der Waals surface area contributed by atoms with Gasteiger partial charge in [-0.05, 0) is 25.0 Å². The molecule has 0 radical (unpaired) electrons. The van der Waals surface area contributed by atoms with Gasteiger partial charge in [0.2, 0.25) is 0 Å². The van der Waals surface area contributed by atoms with Crippen LogP contribution in [0.5, 0.6) is 0 Å². The van der Waals surface area contributed by atoms with Crippen LogP contribution in [0.1, 0.15) is 43.7 Å². The van der Waals surface area contributed by atoms with Crippen LogP contribution >= 0.6 is 0 Å². The van der Waals surface area contributed by atoms with Crippen molar-refractivity contribution in [3.8, 4) is 0 Å². The number of hydrogen-bond donors (Lipinski definition) is 3. The molecular weight excluding hydrogens is 373 g/mol. The van der Waals surface area contributed by atoms with Gasteiger partial charge in [-0.15, -0.1) is 0 Å². The number of hydrogen-bond acceptors (Lipinski definition) is 5. The lowest BCUT2D eigenvalue weighted by atomic mass is 10.1. The number of nitrogens with zero attached hydrogens (tertiary/aromatic N) is 3. The van der Waals surface area contributed by atoms with Gasteiger partial charge in [-0.1, -0.05) is 19.0 Å². The van der Waals surface area contributed by atoms with Gasteiger partial charge in [0.1, 0.15) is 12.4 Å². The Balaban J connectivity index is 1.88. The number of anilines is 1. The van der Waals surface area contributed by atoms with Crippen LogP contribution in [0, 0.1) is 0 Å². The highest BCUT2D eigenvalue weighted by atomic mass is 19.4. The van der Waals surface area contributed by atoms with E-state index in [-0.39, 0.29) is 18.3 Å². The van der Waals surface area contributed by atoms with Crippen molar-refractivity contribution in [1.29, 1.82) is 0 Å². The molecule has 0 aliphatic heterocycles. The first-order valence-electron chi connectivity index (χ1n) is 9.05. The molecule has 2 heterocycles. The van der Waals surface area contributed by atoms with E-state index >= 15 is 0 Å². The third-order valence-corrected chi connectivity index (χ3v) is 3.73. The second kappa shape index (κ2) is 9.95. The van der Waals surface area contributed by atoms with E-state index in [1.807, 2.05) is 26.8 Å². The zero-order valence-corrected chi connectivity index (χ0v) is 16.1. The molecule has 0 aliphatic rings. The first-order chi connectivity index (χ1) is 13.3. The van der Waals surface area contributed by atoms with Crippen molar-refractivity contribution >= 4 is 11.8 Å². The monoisotopic (exact) mass is 398 g/mol. The SMILES string of the molecule is CCNC(=NCc1cc(C(C)C)no1)NCCNc1ncccc1C(F)(F)F. The Kier molecular flexibility index (Phi) is 7.65. The van der Waals surface area contributed by atoms with E-state index in [4.69, 9.17) is 4.52 Å². The van der Waals surface area contributed by atoms with Crippen molar-refractivity contribution in [2.24, 2.45) is 4.99 Å². The third kappa shape index (κ3) is 6.43. The number of alkyl halides is 3. The molecule has 28 heavy (non-hydrogen) atoms. The summed E-state index contributed by atoms with van der Waals surface area (Å²) in [5, 5.41) is 12.8. The van der Waals surface area contributed by atoms with E-state index in [1.54, 1.807) is 0 Å². The summed E-state index contributed by atoms with van der Waals surface area (Å²) in [7, 11) is 0. The van der Waals surface area contributed by atoms with E-state index in [0.717, 1.165) is 11.8 Å². The van der Waals surface area contributed by atoms with Gasteiger partial charge < -0.3 is 20.5 Å². The standard InChI is InChI=1S/C18H25F3N6O/c1-4-22-17(26-11-13-10-15(12(2)3)27-28-13)25-9-8-24-16-14(18(19,20)21)6-5-7-23-16/h5-7,10,12H,4,8-9,11H2,1-3H3,(H,23,24)(H2,22,25,26). The molecule has 0 saturated heterocycles. The van der Waals surface area contributed by atoms with E-state index in [2.05, 4.69) is 31.1 Å². The highest BCUT2D eigenvalue weighted by Crippen LogP contribution is 2.33. The molecule has 0 amide bonds. The number of guanidine groups is 1. The van der Waals surface area contributed by atoms with Gasteiger partial charge >= 0.3 is 6.18 Å². The molecule has 3 N–H and O–H groups in total. The van der Waals surface area contributed by atoms with Crippen LogP contribution in [0.2, 0.25) is 0 Å². The zero-order chi connectivity index (χ0) is 20.6. The van der Waals surface area contributed by atoms with Crippen molar-refractivity contribution < 1.29 is 17.7 Å². The van der Waals surface area contributed by atoms with Gasteiger partial charge in [-0.25, -0.2) is 9.98 Å². The van der Waals surface area contributed by atoms with Crippen molar-refractivity contribution in [2.45, 2.75) is 39.4 Å². The summed E-state index contributed by atoms with van der Waals surface area (Å²) >= 11 is 0. The van der Waals surface area contributed by atoms with E-state index in [0.29, 0.717) is 31.4 Å². The van der Waals surface area contributed by atoms with Crippen molar-refractivity contribution in [2.75, 3.05) is 25.0 Å². The van der Waals surface area contributed by atoms with Gasteiger partial charge in [0.05, 0.1) is 11.3 Å². The van der Waals surface area contributed by atoms with Crippen LogP contribution in [0.25, 0.3) is 0 Å². The predicted octanol–water partition coefficient (Wildman–Crippen LogP) is 3.38. The number of rotatable bonds is 8. The topological polar surface area (TPSA) is 87.4 Å². The summed E-state index contributed by atoms with van der Waals surface area (Å²) in [6.45, 7) is 7.51. The summed E-state index contributed by atoms with van der Waals surface area (Å²) in [5.41, 5.74) is 0.0741. The molecule has 154 valence electrons. The molecule has 0 atom stereocenters. The first kappa shape index (κ1) is 21.5. The maximum Gasteiger partial charge on any atom is 0.419 e. The lowest BCUT2D eigenvalue weighted by Gasteiger charge is -2.14. The second-order valence-electron chi connectivity index (χ2n) is 6.32. The normalized spacial score (nSPS) is 12.3. The number of aromatic nitrogens is 2. The largest absolute Gasteiger partial charge is 0.419 e. The van der Waals surface area contributed by atoms with Crippen LogP contribution in [-0.2, 0) is 12.7 Å². The van der Waals surface area contributed by atoms with E-state index in [1.165, 1.54) is 12.3 Å². The molecule has 2 aromatic rings. The number of aliphatic imine (C=N–C) groups is 1. The molecule has 0 fully saturated rings. The molecule has 0 aliphatic carbocycles. The van der Waals surface area contributed by atoms with Crippen molar-refractivity contribution in [1.82, 2.24) is 20.8 Å². The van der Waals surface area contributed by atoms with Gasteiger partial charge in [-0.2, -0.15) is 13.2 Å². The maximum atomic E-state index is 13.0. The average Bonchev–Trinajstić information content (AvgIpc) is 3.12. The highest BCUT2D eigenvalue weighted by molar-refractivity contribution is 5.79. The number of halogens is 3. The Morgan fingerprint density at radius 2 is 2.04 bits per heavy atom. The van der Waals surface area contributed by atoms with Crippen molar-refractivity contribution in [3.05, 3.63) is 41.4 Å². The van der Waals surface area contributed by atoms with Crippen LogP contribution in [0.4, 0.5) is 19.0 Å². The summed E-state index contributed by atoms with van der Waals surface area (Å²) in [4.78, 5) is 8.16. The number of pyridine rings is 1. The molecule has 0 unspecified atom stereocenters. The Morgan fingerprint density at radius 3 is 2.68 bits per heavy atom. The van der Waals surface area contributed by atoms with Gasteiger partial charge in [0.25, 0.3) is 0 Å². The Hall–Kier alpha value is -2.78. The third-order valence-electron chi connectivity index (χ3n) is 3.73. The summed E-state index contributed by atoms with van der Waals surface area (Å²) < 4.78 is 44.1. The quantitative estimate of drug-likeness (QED) is 0.359. The van der Waals surface area contributed by atoms with E-state index in [9.17, 15) is 13.2 Å². The zero-order valence-electron chi connectivity index (χ0n) is 16.1. The summed E-state index contributed by atoms with van der Waals surface area (Å²) in [6.07, 6.45) is -3.13. The molecule has 2 aromatic heterocycles. The Labute approximate surface area is 161 Å². The van der Waals surface area contributed by atoms with Gasteiger partial charge in [-0.3, -0.25) is 0 Å². The Morgan fingerprint density at radius 1 is 1.25 bits per heavy atom. The maximum absolute atomic E-state index is 13.0. The number of nitrogens with one attached hydrogen (secondary N) is 3. The fourth-order valence-electron chi connectivity index (χ4n) is 2.31. The predicted molar refractivity (Wildman–Crippen MR) is 101 cm³/mol. The molecule has 10 heteroatoms.